The molecular formula is C29H27F3N4O2. The summed E-state index contributed by atoms with van der Waals surface area (Å²) < 4.78 is 41.2. The smallest absolute Gasteiger partial charge is 0.329 e. The zero-order valence-electron chi connectivity index (χ0n) is 20.9. The Labute approximate surface area is 218 Å². The summed E-state index contributed by atoms with van der Waals surface area (Å²) in [6, 6.07) is 24.7. The van der Waals surface area contributed by atoms with Gasteiger partial charge in [-0.05, 0) is 36.2 Å². The normalized spacial score (nSPS) is 11.4. The topological polar surface area (TPSA) is 67.2 Å². The van der Waals surface area contributed by atoms with Crippen molar-refractivity contribution in [2.45, 2.75) is 20.0 Å². The van der Waals surface area contributed by atoms with Gasteiger partial charge in [0.15, 0.2) is 0 Å². The second kappa shape index (κ2) is 11.3. The standard InChI is InChI=1S/C29H27F3N4O2/c1-20(2)18-35(28(38)22-12-9-13-23(16-22)29(30,31)32)19-27(37)33-26-17-25(21-10-5-3-6-11-21)34-36(26)24-14-7-4-8-15-24/h3-17,20H,18-19H2,1-2H3,(H,33,37). The molecule has 0 aliphatic carbocycles. The van der Waals surface area contributed by atoms with E-state index in [2.05, 4.69) is 10.4 Å². The lowest BCUT2D eigenvalue weighted by atomic mass is 10.1. The van der Waals surface area contributed by atoms with Crippen LogP contribution >= 0.6 is 0 Å². The zero-order valence-corrected chi connectivity index (χ0v) is 20.9. The minimum absolute atomic E-state index is 0.0166. The van der Waals surface area contributed by atoms with Crippen LogP contribution in [0.5, 0.6) is 0 Å². The van der Waals surface area contributed by atoms with Gasteiger partial charge in [0.2, 0.25) is 5.91 Å². The summed E-state index contributed by atoms with van der Waals surface area (Å²) in [6.45, 7) is 3.57. The number of nitrogens with zero attached hydrogens (tertiary/aromatic N) is 3. The van der Waals surface area contributed by atoms with E-state index in [4.69, 9.17) is 0 Å². The molecule has 38 heavy (non-hydrogen) atoms. The quantitative estimate of drug-likeness (QED) is 0.297. The third-order valence-electron chi connectivity index (χ3n) is 5.69. The molecule has 0 fully saturated rings. The summed E-state index contributed by atoms with van der Waals surface area (Å²) in [7, 11) is 0. The van der Waals surface area contributed by atoms with Gasteiger partial charge in [0.25, 0.3) is 5.91 Å². The molecule has 0 radical (unpaired) electrons. The van der Waals surface area contributed by atoms with Crippen molar-refractivity contribution >= 4 is 17.6 Å². The minimum atomic E-state index is -4.58. The van der Waals surface area contributed by atoms with Gasteiger partial charge < -0.3 is 10.2 Å². The van der Waals surface area contributed by atoms with E-state index in [9.17, 15) is 22.8 Å². The number of hydrogen-bond acceptors (Lipinski definition) is 3. The third-order valence-corrected chi connectivity index (χ3v) is 5.69. The van der Waals surface area contributed by atoms with E-state index >= 15 is 0 Å². The van der Waals surface area contributed by atoms with Gasteiger partial charge in [-0.1, -0.05) is 68.4 Å². The lowest BCUT2D eigenvalue weighted by molar-refractivity contribution is -0.137. The van der Waals surface area contributed by atoms with E-state index in [1.165, 1.54) is 17.0 Å². The molecule has 3 aromatic carbocycles. The van der Waals surface area contributed by atoms with Gasteiger partial charge in [-0.25, -0.2) is 4.68 Å². The molecule has 0 aliphatic heterocycles. The molecule has 1 N–H and O–H groups in total. The third kappa shape index (κ3) is 6.47. The van der Waals surface area contributed by atoms with Crippen LogP contribution in [0.2, 0.25) is 0 Å². The van der Waals surface area contributed by atoms with Crippen LogP contribution in [0.15, 0.2) is 91.0 Å². The second-order valence-corrected chi connectivity index (χ2v) is 9.23. The molecule has 196 valence electrons. The Hall–Kier alpha value is -4.40. The SMILES string of the molecule is CC(C)CN(CC(=O)Nc1cc(-c2ccccc2)nn1-c1ccccc1)C(=O)c1cccc(C(F)(F)F)c1. The number of nitrogens with one attached hydrogen (secondary N) is 1. The highest BCUT2D eigenvalue weighted by Crippen LogP contribution is 2.30. The lowest BCUT2D eigenvalue weighted by Crippen LogP contribution is -2.40. The Bertz CT molecular complexity index is 1400. The average Bonchev–Trinajstić information content (AvgIpc) is 3.32. The number of aromatic nitrogens is 2. The largest absolute Gasteiger partial charge is 0.416 e. The number of carbonyl (C=O) groups excluding carboxylic acids is 2. The van der Waals surface area contributed by atoms with Gasteiger partial charge in [0.1, 0.15) is 12.4 Å². The first kappa shape index (κ1) is 26.7. The number of benzene rings is 3. The van der Waals surface area contributed by atoms with E-state index in [1.807, 2.05) is 74.5 Å². The molecule has 0 unspecified atom stereocenters. The Kier molecular flexibility index (Phi) is 7.95. The van der Waals surface area contributed by atoms with Gasteiger partial charge >= 0.3 is 6.18 Å². The molecule has 0 bridgehead atoms. The van der Waals surface area contributed by atoms with Crippen molar-refractivity contribution in [3.63, 3.8) is 0 Å². The molecule has 0 aliphatic rings. The molecule has 4 rings (SSSR count). The average molecular weight is 521 g/mol. The van der Waals surface area contributed by atoms with E-state index in [1.54, 1.807) is 10.7 Å². The molecule has 0 spiro atoms. The van der Waals surface area contributed by atoms with Crippen LogP contribution in [0.3, 0.4) is 0 Å². The van der Waals surface area contributed by atoms with Crippen LogP contribution in [0.4, 0.5) is 19.0 Å². The van der Waals surface area contributed by atoms with Crippen molar-refractivity contribution in [2.24, 2.45) is 5.92 Å². The lowest BCUT2D eigenvalue weighted by Gasteiger charge is -2.24. The van der Waals surface area contributed by atoms with Crippen LogP contribution in [0, 0.1) is 5.92 Å². The Balaban J connectivity index is 1.60. The summed E-state index contributed by atoms with van der Waals surface area (Å²) in [5, 5.41) is 7.49. The maximum absolute atomic E-state index is 13.2. The first-order valence-corrected chi connectivity index (χ1v) is 12.1. The van der Waals surface area contributed by atoms with E-state index < -0.39 is 23.6 Å². The second-order valence-electron chi connectivity index (χ2n) is 9.23. The van der Waals surface area contributed by atoms with Crippen LogP contribution < -0.4 is 5.32 Å². The minimum Gasteiger partial charge on any atom is -0.329 e. The van der Waals surface area contributed by atoms with Gasteiger partial charge in [-0.2, -0.15) is 18.3 Å². The first-order chi connectivity index (χ1) is 18.1. The number of alkyl halides is 3. The van der Waals surface area contributed by atoms with Crippen LogP contribution in [0.25, 0.3) is 16.9 Å². The summed E-state index contributed by atoms with van der Waals surface area (Å²) in [4.78, 5) is 27.6. The van der Waals surface area contributed by atoms with Crippen molar-refractivity contribution in [3.8, 4) is 16.9 Å². The number of para-hydroxylation sites is 1. The monoisotopic (exact) mass is 520 g/mol. The molecule has 0 atom stereocenters. The fraction of sp³-hybridized carbons (Fsp3) is 0.207. The summed E-state index contributed by atoms with van der Waals surface area (Å²) in [5.74, 6) is -0.766. The zero-order chi connectivity index (χ0) is 27.3. The van der Waals surface area contributed by atoms with Gasteiger partial charge in [-0.15, -0.1) is 0 Å². The fourth-order valence-electron chi connectivity index (χ4n) is 4.01. The molecule has 1 aromatic heterocycles. The Morgan fingerprint density at radius 2 is 1.58 bits per heavy atom. The fourth-order valence-corrected chi connectivity index (χ4v) is 4.01. The number of hydrogen-bond donors (Lipinski definition) is 1. The van der Waals surface area contributed by atoms with Crippen LogP contribution in [0.1, 0.15) is 29.8 Å². The maximum atomic E-state index is 13.2. The highest BCUT2D eigenvalue weighted by Gasteiger charge is 2.31. The van der Waals surface area contributed by atoms with E-state index in [0.717, 1.165) is 23.4 Å². The van der Waals surface area contributed by atoms with Gasteiger partial charge in [0, 0.05) is 23.7 Å². The summed E-state index contributed by atoms with van der Waals surface area (Å²) in [6.07, 6.45) is -4.58. The number of halogens is 3. The molecular weight excluding hydrogens is 493 g/mol. The van der Waals surface area contributed by atoms with E-state index in [0.29, 0.717) is 11.5 Å². The molecule has 1 heterocycles. The van der Waals surface area contributed by atoms with Crippen molar-refractivity contribution in [1.29, 1.82) is 0 Å². The molecule has 9 heteroatoms. The van der Waals surface area contributed by atoms with Gasteiger partial charge in [-0.3, -0.25) is 9.59 Å². The highest BCUT2D eigenvalue weighted by atomic mass is 19.4. The summed E-state index contributed by atoms with van der Waals surface area (Å²) >= 11 is 0. The highest BCUT2D eigenvalue weighted by molar-refractivity contribution is 5.99. The summed E-state index contributed by atoms with van der Waals surface area (Å²) in [5.41, 5.74) is 1.18. The number of anilines is 1. The number of amides is 2. The molecule has 2 amide bonds. The van der Waals surface area contributed by atoms with Crippen molar-refractivity contribution in [2.75, 3.05) is 18.4 Å². The first-order valence-electron chi connectivity index (χ1n) is 12.1. The number of rotatable bonds is 8. The molecule has 6 nitrogen and oxygen atoms in total. The maximum Gasteiger partial charge on any atom is 0.416 e. The van der Waals surface area contributed by atoms with Crippen molar-refractivity contribution in [3.05, 3.63) is 102 Å². The van der Waals surface area contributed by atoms with Crippen molar-refractivity contribution in [1.82, 2.24) is 14.7 Å². The number of carbonyl (C=O) groups is 2. The van der Waals surface area contributed by atoms with Crippen LogP contribution in [-0.4, -0.2) is 39.6 Å². The van der Waals surface area contributed by atoms with E-state index in [-0.39, 0.29) is 24.6 Å². The Morgan fingerprint density at radius 3 is 2.21 bits per heavy atom. The molecule has 4 aromatic rings. The molecule has 0 saturated heterocycles. The Morgan fingerprint density at radius 1 is 0.921 bits per heavy atom. The predicted octanol–water partition coefficient (Wildman–Crippen LogP) is 6.30. The van der Waals surface area contributed by atoms with Crippen LogP contribution in [-0.2, 0) is 11.0 Å². The molecule has 0 saturated carbocycles. The van der Waals surface area contributed by atoms with Gasteiger partial charge in [0.05, 0.1) is 16.9 Å². The predicted molar refractivity (Wildman–Crippen MR) is 140 cm³/mol. The van der Waals surface area contributed by atoms with Crippen molar-refractivity contribution < 1.29 is 22.8 Å².